The fourth-order valence-corrected chi connectivity index (χ4v) is 4.32. The Morgan fingerprint density at radius 3 is 2.26 bits per heavy atom. The molecule has 2 heterocycles. The zero-order valence-electron chi connectivity index (χ0n) is 18.8. The van der Waals surface area contributed by atoms with Crippen LogP contribution in [0.5, 0.6) is 0 Å². The van der Waals surface area contributed by atoms with E-state index < -0.39 is 0 Å². The molecule has 3 rings (SSSR count). The summed E-state index contributed by atoms with van der Waals surface area (Å²) in [5.74, 6) is 1.54. The summed E-state index contributed by atoms with van der Waals surface area (Å²) < 4.78 is 0. The molecule has 0 bridgehead atoms. The molecule has 0 saturated carbocycles. The highest BCUT2D eigenvalue weighted by Crippen LogP contribution is 2.20. The minimum absolute atomic E-state index is 0. The van der Waals surface area contributed by atoms with E-state index >= 15 is 0 Å². The van der Waals surface area contributed by atoms with Crippen molar-refractivity contribution in [3.05, 3.63) is 35.4 Å². The molecule has 7 nitrogen and oxygen atoms in total. The van der Waals surface area contributed by atoms with E-state index in [1.54, 1.807) is 7.05 Å². The van der Waals surface area contributed by atoms with Crippen molar-refractivity contribution in [1.82, 2.24) is 20.4 Å². The van der Waals surface area contributed by atoms with Gasteiger partial charge < -0.3 is 20.6 Å². The van der Waals surface area contributed by atoms with Crippen molar-refractivity contribution >= 4 is 35.8 Å². The molecule has 0 unspecified atom stereocenters. The number of rotatable bonds is 6. The molecule has 3 N–H and O–H groups in total. The number of amides is 1. The average Bonchev–Trinajstić information content (AvgIpc) is 2.78. The second-order valence-electron chi connectivity index (χ2n) is 8.53. The number of carbonyl (C=O) groups is 1. The number of nitrogens with one attached hydrogen (secondary N) is 2. The highest BCUT2D eigenvalue weighted by atomic mass is 127. The molecular weight excluding hydrogens is 505 g/mol. The van der Waals surface area contributed by atoms with E-state index in [2.05, 4.69) is 49.7 Å². The molecule has 1 amide bonds. The molecule has 2 aliphatic heterocycles. The molecule has 2 aliphatic rings. The zero-order valence-corrected chi connectivity index (χ0v) is 21.2. The number of halogens is 1. The van der Waals surface area contributed by atoms with Crippen LogP contribution >= 0.6 is 24.0 Å². The van der Waals surface area contributed by atoms with Crippen LogP contribution in [-0.4, -0.2) is 73.2 Å². The van der Waals surface area contributed by atoms with Crippen LogP contribution in [0.1, 0.15) is 43.2 Å². The Morgan fingerprint density at radius 2 is 1.68 bits per heavy atom. The van der Waals surface area contributed by atoms with Crippen LogP contribution in [0.2, 0.25) is 0 Å². The molecule has 0 atom stereocenters. The summed E-state index contributed by atoms with van der Waals surface area (Å²) in [7, 11) is 3.53. The molecule has 0 aromatic heterocycles. The van der Waals surface area contributed by atoms with Crippen molar-refractivity contribution in [2.75, 3.05) is 40.3 Å². The Bertz CT molecular complexity index is 696. The van der Waals surface area contributed by atoms with Gasteiger partial charge in [0.15, 0.2) is 5.96 Å². The maximum absolute atomic E-state index is 11.6. The summed E-state index contributed by atoms with van der Waals surface area (Å²) in [5, 5.41) is 15.9. The van der Waals surface area contributed by atoms with E-state index in [1.165, 1.54) is 11.1 Å². The SMILES string of the molecule is CN=C(NCc1ccc(CN2CCC(O)CC2)cc1)N1CCC(CC(=O)NC)CC1.I. The zero-order chi connectivity index (χ0) is 21.3. The number of aliphatic imine (C=N–C) groups is 1. The summed E-state index contributed by atoms with van der Waals surface area (Å²) in [6.07, 6.45) is 4.31. The van der Waals surface area contributed by atoms with Crippen molar-refractivity contribution in [2.24, 2.45) is 10.9 Å². The lowest BCUT2D eigenvalue weighted by Crippen LogP contribution is -2.45. The van der Waals surface area contributed by atoms with Crippen LogP contribution in [0.3, 0.4) is 0 Å². The van der Waals surface area contributed by atoms with Crippen LogP contribution < -0.4 is 10.6 Å². The van der Waals surface area contributed by atoms with E-state index in [9.17, 15) is 9.90 Å². The van der Waals surface area contributed by atoms with Crippen LogP contribution in [-0.2, 0) is 17.9 Å². The first-order valence-corrected chi connectivity index (χ1v) is 11.2. The Kier molecular flexibility index (Phi) is 11.0. The summed E-state index contributed by atoms with van der Waals surface area (Å²) in [5.41, 5.74) is 2.56. The molecule has 0 radical (unpaired) electrons. The van der Waals surface area contributed by atoms with Gasteiger partial charge in [-0.25, -0.2) is 0 Å². The third-order valence-electron chi connectivity index (χ3n) is 6.32. The van der Waals surface area contributed by atoms with Crippen LogP contribution in [0.25, 0.3) is 0 Å². The van der Waals surface area contributed by atoms with Gasteiger partial charge in [0.1, 0.15) is 0 Å². The van der Waals surface area contributed by atoms with E-state index in [0.29, 0.717) is 12.3 Å². The normalized spacial score (nSPS) is 19.1. The molecule has 2 saturated heterocycles. The smallest absolute Gasteiger partial charge is 0.220 e. The molecule has 174 valence electrons. The lowest BCUT2D eigenvalue weighted by molar-refractivity contribution is -0.121. The fourth-order valence-electron chi connectivity index (χ4n) is 4.32. The quantitative estimate of drug-likeness (QED) is 0.291. The summed E-state index contributed by atoms with van der Waals surface area (Å²) in [6.45, 7) is 5.52. The van der Waals surface area contributed by atoms with Crippen LogP contribution in [0.15, 0.2) is 29.3 Å². The highest BCUT2D eigenvalue weighted by molar-refractivity contribution is 14.0. The van der Waals surface area contributed by atoms with E-state index in [-0.39, 0.29) is 36.0 Å². The van der Waals surface area contributed by atoms with Gasteiger partial charge in [-0.05, 0) is 42.7 Å². The maximum Gasteiger partial charge on any atom is 0.220 e. The van der Waals surface area contributed by atoms with Crippen molar-refractivity contribution in [3.8, 4) is 0 Å². The van der Waals surface area contributed by atoms with Gasteiger partial charge in [0.25, 0.3) is 0 Å². The first-order valence-electron chi connectivity index (χ1n) is 11.2. The standard InChI is InChI=1S/C23H37N5O2.HI/c1-24-22(30)15-18-7-13-28(14-8-18)23(25-2)26-16-19-3-5-20(6-4-19)17-27-11-9-21(29)10-12-27;/h3-6,18,21,29H,7-17H2,1-2H3,(H,24,30)(H,25,26);1H. The number of aliphatic hydroxyl groups is 1. The molecule has 1 aromatic carbocycles. The molecular formula is C23H38IN5O2. The predicted octanol–water partition coefficient (Wildman–Crippen LogP) is 2.18. The second-order valence-corrected chi connectivity index (χ2v) is 8.53. The predicted molar refractivity (Wildman–Crippen MR) is 136 cm³/mol. The molecule has 0 spiro atoms. The topological polar surface area (TPSA) is 80.2 Å². The fraction of sp³-hybridized carbons (Fsp3) is 0.652. The van der Waals surface area contributed by atoms with Gasteiger partial charge in [-0.2, -0.15) is 0 Å². The summed E-state index contributed by atoms with van der Waals surface area (Å²) >= 11 is 0. The summed E-state index contributed by atoms with van der Waals surface area (Å²) in [4.78, 5) is 20.7. The number of carbonyl (C=O) groups excluding carboxylic acids is 1. The van der Waals surface area contributed by atoms with Gasteiger partial charge >= 0.3 is 0 Å². The molecule has 31 heavy (non-hydrogen) atoms. The van der Waals surface area contributed by atoms with Crippen molar-refractivity contribution < 1.29 is 9.90 Å². The maximum atomic E-state index is 11.6. The van der Waals surface area contributed by atoms with Gasteiger partial charge in [-0.1, -0.05) is 24.3 Å². The Morgan fingerprint density at radius 1 is 1.06 bits per heavy atom. The Labute approximate surface area is 203 Å². The van der Waals surface area contributed by atoms with Crippen molar-refractivity contribution in [2.45, 2.75) is 51.3 Å². The van der Waals surface area contributed by atoms with Gasteiger partial charge in [-0.15, -0.1) is 24.0 Å². The minimum atomic E-state index is -0.120. The second kappa shape index (κ2) is 13.2. The number of hydrogen-bond donors (Lipinski definition) is 3. The van der Waals surface area contributed by atoms with Gasteiger partial charge in [0.2, 0.25) is 5.91 Å². The van der Waals surface area contributed by atoms with E-state index in [1.807, 2.05) is 7.05 Å². The molecule has 8 heteroatoms. The average molecular weight is 543 g/mol. The molecule has 1 aromatic rings. The van der Waals surface area contributed by atoms with Crippen molar-refractivity contribution in [3.63, 3.8) is 0 Å². The lowest BCUT2D eigenvalue weighted by Gasteiger charge is -2.34. The first-order chi connectivity index (χ1) is 14.6. The molecule has 0 aliphatic carbocycles. The van der Waals surface area contributed by atoms with Crippen LogP contribution in [0.4, 0.5) is 0 Å². The number of piperidine rings is 2. The Balaban J connectivity index is 0.00000341. The molecule has 2 fully saturated rings. The van der Waals surface area contributed by atoms with E-state index in [0.717, 1.165) is 70.9 Å². The minimum Gasteiger partial charge on any atom is -0.393 e. The largest absolute Gasteiger partial charge is 0.393 e. The van der Waals surface area contributed by atoms with Crippen molar-refractivity contribution in [1.29, 1.82) is 0 Å². The third-order valence-corrected chi connectivity index (χ3v) is 6.32. The van der Waals surface area contributed by atoms with Crippen LogP contribution in [0, 0.1) is 5.92 Å². The first kappa shape index (κ1) is 25.9. The highest BCUT2D eigenvalue weighted by Gasteiger charge is 2.23. The summed E-state index contributed by atoms with van der Waals surface area (Å²) in [6, 6.07) is 8.78. The van der Waals surface area contributed by atoms with E-state index in [4.69, 9.17) is 0 Å². The number of benzene rings is 1. The Hall–Kier alpha value is -1.39. The number of aliphatic hydroxyl groups excluding tert-OH is 1. The lowest BCUT2D eigenvalue weighted by atomic mass is 9.93. The van der Waals surface area contributed by atoms with Gasteiger partial charge in [-0.3, -0.25) is 14.7 Å². The number of hydrogen-bond acceptors (Lipinski definition) is 4. The number of nitrogens with zero attached hydrogens (tertiary/aromatic N) is 3. The number of guanidine groups is 1. The van der Waals surface area contributed by atoms with Gasteiger partial charge in [0, 0.05) is 59.8 Å². The van der Waals surface area contributed by atoms with Gasteiger partial charge in [0.05, 0.1) is 6.10 Å². The monoisotopic (exact) mass is 543 g/mol. The number of likely N-dealkylation sites (tertiary alicyclic amines) is 2. The third kappa shape index (κ3) is 8.23.